The number of furan rings is 1. The Balaban J connectivity index is 2.06. The van der Waals surface area contributed by atoms with Gasteiger partial charge in [-0.3, -0.25) is 14.9 Å². The molecule has 136 valence electrons. The molecular weight excluding hydrogens is 361 g/mol. The van der Waals surface area contributed by atoms with Crippen molar-refractivity contribution in [3.05, 3.63) is 57.3 Å². The summed E-state index contributed by atoms with van der Waals surface area (Å²) in [5, 5.41) is 12.6. The second-order valence-electron chi connectivity index (χ2n) is 5.47. The highest BCUT2D eigenvalue weighted by molar-refractivity contribution is 6.07. The maximum atomic E-state index is 13.8. The molecule has 0 aliphatic carbocycles. The molecule has 1 amide bonds. The van der Waals surface area contributed by atoms with Crippen LogP contribution in [-0.4, -0.2) is 23.0 Å². The average molecular weight is 370 g/mol. The van der Waals surface area contributed by atoms with Crippen LogP contribution in [0.2, 0.25) is 0 Å². The summed E-state index contributed by atoms with van der Waals surface area (Å²) in [6, 6.07) is 5.21. The number of hydrogen-bond acceptors (Lipinski definition) is 6. The molecule has 0 radical (unpaired) electrons. The van der Waals surface area contributed by atoms with E-state index in [9.17, 15) is 32.9 Å². The molecule has 26 heavy (non-hydrogen) atoms. The number of anilines is 1. The van der Waals surface area contributed by atoms with Crippen molar-refractivity contribution < 1.29 is 36.8 Å². The second kappa shape index (κ2) is 5.58. The molecule has 1 atom stereocenters. The standard InChI is InChI=1S/C15H9F3N2O6/c1-7-2-3-8-9(6-7)19-13(22)14(8,15(16,17)18)26-12(21)10-4-5-11(25-10)20(23)24/h2-6H,1H3,(H,19,22). The lowest BCUT2D eigenvalue weighted by Gasteiger charge is -2.29. The Morgan fingerprint density at radius 1 is 1.31 bits per heavy atom. The van der Waals surface area contributed by atoms with Gasteiger partial charge in [0.1, 0.15) is 4.92 Å². The van der Waals surface area contributed by atoms with Gasteiger partial charge in [0.15, 0.2) is 0 Å². The third kappa shape index (κ3) is 2.48. The van der Waals surface area contributed by atoms with Crippen molar-refractivity contribution in [3.8, 4) is 0 Å². The van der Waals surface area contributed by atoms with Gasteiger partial charge in [0.25, 0.3) is 5.91 Å². The first-order valence-electron chi connectivity index (χ1n) is 7.03. The molecule has 0 spiro atoms. The van der Waals surface area contributed by atoms with E-state index in [1.165, 1.54) is 12.1 Å². The minimum absolute atomic E-state index is 0.148. The number of fused-ring (bicyclic) bond motifs is 1. The number of amides is 1. The molecule has 1 N–H and O–H groups in total. The van der Waals surface area contributed by atoms with E-state index >= 15 is 0 Å². The molecule has 0 saturated carbocycles. The molecule has 0 bridgehead atoms. The lowest BCUT2D eigenvalue weighted by atomic mass is 9.93. The SMILES string of the molecule is Cc1ccc2c(c1)NC(=O)C2(OC(=O)c1ccc([N+](=O)[O-])o1)C(F)(F)F. The van der Waals surface area contributed by atoms with Crippen molar-refractivity contribution in [2.45, 2.75) is 18.7 Å². The van der Waals surface area contributed by atoms with Crippen molar-refractivity contribution in [2.24, 2.45) is 0 Å². The number of nitrogens with one attached hydrogen (secondary N) is 1. The van der Waals surface area contributed by atoms with Crippen molar-refractivity contribution in [3.63, 3.8) is 0 Å². The highest BCUT2D eigenvalue weighted by Crippen LogP contribution is 2.50. The number of alkyl halides is 3. The zero-order valence-corrected chi connectivity index (χ0v) is 12.9. The quantitative estimate of drug-likeness (QED) is 0.505. The molecule has 11 heteroatoms. The molecule has 2 heterocycles. The highest BCUT2D eigenvalue weighted by atomic mass is 19.4. The first kappa shape index (κ1) is 17.5. The molecule has 1 unspecified atom stereocenters. The topological polar surface area (TPSA) is 112 Å². The first-order chi connectivity index (χ1) is 12.1. The molecule has 1 aromatic heterocycles. The summed E-state index contributed by atoms with van der Waals surface area (Å²) in [6.07, 6.45) is -5.29. The zero-order valence-electron chi connectivity index (χ0n) is 12.9. The minimum Gasteiger partial charge on any atom is -0.428 e. The fourth-order valence-corrected chi connectivity index (χ4v) is 2.57. The van der Waals surface area contributed by atoms with Crippen molar-refractivity contribution >= 4 is 23.4 Å². The lowest BCUT2D eigenvalue weighted by Crippen LogP contribution is -2.51. The van der Waals surface area contributed by atoms with E-state index in [1.54, 1.807) is 6.92 Å². The minimum atomic E-state index is -5.29. The Hall–Kier alpha value is -3.37. The van der Waals surface area contributed by atoms with Crippen LogP contribution in [0.3, 0.4) is 0 Å². The van der Waals surface area contributed by atoms with Gasteiger partial charge in [-0.1, -0.05) is 12.1 Å². The Morgan fingerprint density at radius 3 is 2.58 bits per heavy atom. The van der Waals surface area contributed by atoms with Gasteiger partial charge in [-0.2, -0.15) is 13.2 Å². The molecule has 1 aliphatic heterocycles. The summed E-state index contributed by atoms with van der Waals surface area (Å²) in [5.74, 6) is -4.96. The first-order valence-corrected chi connectivity index (χ1v) is 7.03. The summed E-state index contributed by atoms with van der Waals surface area (Å²) in [7, 11) is 0. The number of carbonyl (C=O) groups is 2. The number of nitro groups is 1. The monoisotopic (exact) mass is 370 g/mol. The summed E-state index contributed by atoms with van der Waals surface area (Å²) >= 11 is 0. The number of halogens is 3. The van der Waals surface area contributed by atoms with Gasteiger partial charge < -0.3 is 14.5 Å². The maximum Gasteiger partial charge on any atom is 0.442 e. The van der Waals surface area contributed by atoms with Crippen LogP contribution in [-0.2, 0) is 15.1 Å². The summed E-state index contributed by atoms with van der Waals surface area (Å²) in [6.45, 7) is 1.61. The zero-order chi connectivity index (χ0) is 19.3. The Labute approximate surface area is 142 Å². The van der Waals surface area contributed by atoms with E-state index in [2.05, 4.69) is 9.15 Å². The fraction of sp³-hybridized carbons (Fsp3) is 0.200. The van der Waals surface area contributed by atoms with Gasteiger partial charge in [0.2, 0.25) is 5.76 Å². The number of aryl methyl sites for hydroxylation is 1. The number of carbonyl (C=O) groups excluding carboxylic acids is 2. The van der Waals surface area contributed by atoms with Crippen molar-refractivity contribution in [1.29, 1.82) is 0 Å². The average Bonchev–Trinajstić information content (AvgIpc) is 3.10. The Morgan fingerprint density at radius 2 is 2.00 bits per heavy atom. The molecule has 2 aromatic rings. The smallest absolute Gasteiger partial charge is 0.428 e. The normalized spacial score (nSPS) is 19.0. The predicted molar refractivity (Wildman–Crippen MR) is 78.3 cm³/mol. The van der Waals surface area contributed by atoms with Crippen LogP contribution in [0.5, 0.6) is 0 Å². The van der Waals surface area contributed by atoms with Gasteiger partial charge >= 0.3 is 23.6 Å². The summed E-state index contributed by atoms with van der Waals surface area (Å²) in [5.41, 5.74) is -3.75. The van der Waals surface area contributed by atoms with Gasteiger partial charge in [-0.05, 0) is 24.6 Å². The van der Waals surface area contributed by atoms with Crippen LogP contribution in [0, 0.1) is 17.0 Å². The third-order valence-corrected chi connectivity index (χ3v) is 3.74. The number of hydrogen-bond donors (Lipinski definition) is 1. The molecule has 0 fully saturated rings. The maximum absolute atomic E-state index is 13.8. The van der Waals surface area contributed by atoms with Crippen LogP contribution in [0.1, 0.15) is 21.7 Å². The van der Waals surface area contributed by atoms with Crippen molar-refractivity contribution in [2.75, 3.05) is 5.32 Å². The van der Waals surface area contributed by atoms with Gasteiger partial charge in [0, 0.05) is 11.3 Å². The molecule has 8 nitrogen and oxygen atoms in total. The third-order valence-electron chi connectivity index (χ3n) is 3.74. The van der Waals surface area contributed by atoms with Crippen LogP contribution >= 0.6 is 0 Å². The van der Waals surface area contributed by atoms with E-state index in [0.717, 1.165) is 18.2 Å². The number of esters is 1. The molecular formula is C15H9F3N2O6. The number of nitrogens with zero attached hydrogens (tertiary/aromatic N) is 1. The number of rotatable bonds is 3. The molecule has 1 aliphatic rings. The van der Waals surface area contributed by atoms with E-state index < -0.39 is 45.8 Å². The predicted octanol–water partition coefficient (Wildman–Crippen LogP) is 3.06. The lowest BCUT2D eigenvalue weighted by molar-refractivity contribution is -0.402. The van der Waals surface area contributed by atoms with Crippen molar-refractivity contribution in [1.82, 2.24) is 0 Å². The number of benzene rings is 1. The summed E-state index contributed by atoms with van der Waals surface area (Å²) < 4.78 is 50.4. The van der Waals surface area contributed by atoms with Crippen LogP contribution in [0.25, 0.3) is 0 Å². The molecule has 0 saturated heterocycles. The fourth-order valence-electron chi connectivity index (χ4n) is 2.57. The largest absolute Gasteiger partial charge is 0.442 e. The van der Waals surface area contributed by atoms with E-state index in [-0.39, 0.29) is 5.69 Å². The highest BCUT2D eigenvalue weighted by Gasteiger charge is 2.69. The summed E-state index contributed by atoms with van der Waals surface area (Å²) in [4.78, 5) is 33.8. The van der Waals surface area contributed by atoms with E-state index in [0.29, 0.717) is 5.56 Å². The van der Waals surface area contributed by atoms with Gasteiger partial charge in [-0.15, -0.1) is 0 Å². The van der Waals surface area contributed by atoms with Gasteiger partial charge in [0.05, 0.1) is 6.07 Å². The molecule has 1 aromatic carbocycles. The Kier molecular flexibility index (Phi) is 3.74. The van der Waals surface area contributed by atoms with Crippen LogP contribution in [0.15, 0.2) is 34.7 Å². The second-order valence-corrected chi connectivity index (χ2v) is 5.47. The van der Waals surface area contributed by atoms with E-state index in [4.69, 9.17) is 0 Å². The Bertz CT molecular complexity index is 936. The van der Waals surface area contributed by atoms with Gasteiger partial charge in [-0.25, -0.2) is 4.79 Å². The van der Waals surface area contributed by atoms with Crippen LogP contribution in [0.4, 0.5) is 24.7 Å². The van der Waals surface area contributed by atoms with Crippen LogP contribution < -0.4 is 5.32 Å². The van der Waals surface area contributed by atoms with E-state index in [1.807, 2.05) is 5.32 Å². The molecule has 3 rings (SSSR count). The number of ether oxygens (including phenoxy) is 1.